The van der Waals surface area contributed by atoms with Gasteiger partial charge in [-0.2, -0.15) is 10.1 Å². The smallest absolute Gasteiger partial charge is 0.223 e. The number of hydrogen-bond donors (Lipinski definition) is 1. The van der Waals surface area contributed by atoms with E-state index in [0.29, 0.717) is 34.8 Å². The molecule has 0 saturated heterocycles. The number of nitrogens with zero attached hydrogens (tertiary/aromatic N) is 4. The van der Waals surface area contributed by atoms with E-state index in [0.717, 1.165) is 5.56 Å². The molecule has 0 atom stereocenters. The minimum absolute atomic E-state index is 0.0964. The van der Waals surface area contributed by atoms with Gasteiger partial charge in [0.15, 0.2) is 17.1 Å². The molecule has 2 aromatic heterocycles. The molecule has 0 aliphatic rings. The fraction of sp³-hybridized carbons (Fsp3) is 0.267. The van der Waals surface area contributed by atoms with Gasteiger partial charge in [0.1, 0.15) is 5.15 Å². The van der Waals surface area contributed by atoms with E-state index in [9.17, 15) is 0 Å². The Balaban J connectivity index is 2.06. The van der Waals surface area contributed by atoms with Crippen molar-refractivity contribution < 1.29 is 14.2 Å². The summed E-state index contributed by atoms with van der Waals surface area (Å²) in [5, 5.41) is 5.22. The fourth-order valence-electron chi connectivity index (χ4n) is 2.45. The number of nitrogens with two attached hydrogens (primary N) is 1. The summed E-state index contributed by atoms with van der Waals surface area (Å²) < 4.78 is 17.7. The Morgan fingerprint density at radius 1 is 1.08 bits per heavy atom. The van der Waals surface area contributed by atoms with E-state index in [-0.39, 0.29) is 11.1 Å². The summed E-state index contributed by atoms with van der Waals surface area (Å²) in [6.45, 7) is 0.424. The van der Waals surface area contributed by atoms with Crippen molar-refractivity contribution in [1.29, 1.82) is 0 Å². The fourth-order valence-corrected chi connectivity index (χ4v) is 2.67. The lowest BCUT2D eigenvalue weighted by atomic mass is 10.2. The van der Waals surface area contributed by atoms with E-state index >= 15 is 0 Å². The first-order valence-corrected chi connectivity index (χ1v) is 7.38. The summed E-state index contributed by atoms with van der Waals surface area (Å²) in [4.78, 5) is 8.13. The van der Waals surface area contributed by atoms with Gasteiger partial charge in [0, 0.05) is 0 Å². The number of halogens is 1. The Hall–Kier alpha value is -2.74. The van der Waals surface area contributed by atoms with Gasteiger partial charge >= 0.3 is 0 Å². The van der Waals surface area contributed by atoms with Crippen LogP contribution in [0.15, 0.2) is 18.3 Å². The summed E-state index contributed by atoms with van der Waals surface area (Å²) in [5.41, 5.74) is 7.12. The topological polar surface area (TPSA) is 97.3 Å². The molecule has 3 aromatic rings. The van der Waals surface area contributed by atoms with Gasteiger partial charge in [0.2, 0.25) is 11.7 Å². The zero-order valence-corrected chi connectivity index (χ0v) is 14.2. The Bertz CT molecular complexity index is 871. The highest BCUT2D eigenvalue weighted by Crippen LogP contribution is 2.38. The molecule has 24 heavy (non-hydrogen) atoms. The van der Waals surface area contributed by atoms with Gasteiger partial charge in [-0.15, -0.1) is 0 Å². The molecule has 0 aliphatic heterocycles. The van der Waals surface area contributed by atoms with Crippen LogP contribution in [-0.4, -0.2) is 41.1 Å². The second-order valence-corrected chi connectivity index (χ2v) is 5.30. The predicted molar refractivity (Wildman–Crippen MR) is 89.9 cm³/mol. The Morgan fingerprint density at radius 2 is 1.75 bits per heavy atom. The third-order valence-electron chi connectivity index (χ3n) is 3.52. The zero-order valence-electron chi connectivity index (χ0n) is 13.4. The van der Waals surface area contributed by atoms with E-state index in [1.165, 1.54) is 0 Å². The first kappa shape index (κ1) is 16.1. The minimum atomic E-state index is 0.0964. The average Bonchev–Trinajstić information content (AvgIpc) is 2.96. The van der Waals surface area contributed by atoms with Crippen LogP contribution in [0.3, 0.4) is 0 Å². The Labute approximate surface area is 143 Å². The lowest BCUT2D eigenvalue weighted by molar-refractivity contribution is 0.323. The second kappa shape index (κ2) is 6.40. The highest BCUT2D eigenvalue weighted by atomic mass is 35.5. The van der Waals surface area contributed by atoms with Gasteiger partial charge in [-0.25, -0.2) is 9.67 Å². The first-order valence-electron chi connectivity index (χ1n) is 7.00. The van der Waals surface area contributed by atoms with E-state index in [1.54, 1.807) is 32.2 Å². The molecular formula is C15H16ClN5O3. The number of aromatic nitrogens is 4. The second-order valence-electron chi connectivity index (χ2n) is 4.95. The van der Waals surface area contributed by atoms with Gasteiger partial charge in [-0.3, -0.25) is 0 Å². The quantitative estimate of drug-likeness (QED) is 0.704. The molecule has 3 rings (SSSR count). The number of ether oxygens (including phenoxy) is 3. The van der Waals surface area contributed by atoms with Gasteiger partial charge < -0.3 is 19.9 Å². The molecule has 0 spiro atoms. The van der Waals surface area contributed by atoms with E-state index in [1.807, 2.05) is 12.1 Å². The maximum Gasteiger partial charge on any atom is 0.223 e. The first-order chi connectivity index (χ1) is 11.6. The zero-order chi connectivity index (χ0) is 17.3. The molecule has 0 amide bonds. The van der Waals surface area contributed by atoms with Crippen LogP contribution < -0.4 is 19.9 Å². The van der Waals surface area contributed by atoms with Crippen molar-refractivity contribution in [2.75, 3.05) is 27.1 Å². The molecule has 8 nitrogen and oxygen atoms in total. The third-order valence-corrected chi connectivity index (χ3v) is 3.81. The normalized spacial score (nSPS) is 10.8. The number of benzene rings is 1. The lowest BCUT2D eigenvalue weighted by Gasteiger charge is -2.14. The van der Waals surface area contributed by atoms with Crippen LogP contribution in [0.5, 0.6) is 17.2 Å². The van der Waals surface area contributed by atoms with Crippen LogP contribution in [0.2, 0.25) is 5.15 Å². The standard InChI is InChI=1S/C15H16ClN5O3/c1-22-10-4-8(5-11(23-2)12(10)24-3)7-21-14-9(6-18-21)13(16)19-15(17)20-14/h4-6H,7H2,1-3H3,(H2,17,19,20). The Morgan fingerprint density at radius 3 is 2.33 bits per heavy atom. The molecule has 0 unspecified atom stereocenters. The van der Waals surface area contributed by atoms with Crippen LogP contribution in [-0.2, 0) is 6.54 Å². The van der Waals surface area contributed by atoms with Crippen LogP contribution in [0.1, 0.15) is 5.56 Å². The lowest BCUT2D eigenvalue weighted by Crippen LogP contribution is -2.05. The van der Waals surface area contributed by atoms with E-state index in [2.05, 4.69) is 15.1 Å². The van der Waals surface area contributed by atoms with Gasteiger partial charge in [0.25, 0.3) is 0 Å². The number of methoxy groups -OCH3 is 3. The van der Waals surface area contributed by atoms with Gasteiger partial charge in [0.05, 0.1) is 39.5 Å². The van der Waals surface area contributed by atoms with Gasteiger partial charge in [-0.05, 0) is 17.7 Å². The summed E-state index contributed by atoms with van der Waals surface area (Å²) in [6, 6.07) is 3.70. The highest BCUT2D eigenvalue weighted by Gasteiger charge is 2.15. The number of rotatable bonds is 5. The molecule has 0 radical (unpaired) electrons. The molecule has 2 N–H and O–H groups in total. The SMILES string of the molecule is COc1cc(Cn2ncc3c(Cl)nc(N)nc32)cc(OC)c1OC. The molecule has 9 heteroatoms. The molecule has 1 aromatic carbocycles. The number of hydrogen-bond acceptors (Lipinski definition) is 7. The minimum Gasteiger partial charge on any atom is -0.493 e. The monoisotopic (exact) mass is 349 g/mol. The summed E-state index contributed by atoms with van der Waals surface area (Å²) in [7, 11) is 4.69. The summed E-state index contributed by atoms with van der Waals surface area (Å²) in [6.07, 6.45) is 1.61. The van der Waals surface area contributed by atoms with Crippen molar-refractivity contribution >= 4 is 28.6 Å². The van der Waals surface area contributed by atoms with Crippen molar-refractivity contribution in [1.82, 2.24) is 19.7 Å². The number of fused-ring (bicyclic) bond motifs is 1. The maximum atomic E-state index is 6.07. The molecule has 0 bridgehead atoms. The van der Waals surface area contributed by atoms with E-state index < -0.39 is 0 Å². The van der Waals surface area contributed by atoms with Crippen LogP contribution in [0, 0.1) is 0 Å². The van der Waals surface area contributed by atoms with E-state index in [4.69, 9.17) is 31.5 Å². The molecule has 2 heterocycles. The van der Waals surface area contributed by atoms with Crippen LogP contribution in [0.25, 0.3) is 11.0 Å². The van der Waals surface area contributed by atoms with Crippen LogP contribution in [0.4, 0.5) is 5.95 Å². The molecule has 0 saturated carbocycles. The Kier molecular flexibility index (Phi) is 4.30. The number of anilines is 1. The average molecular weight is 350 g/mol. The summed E-state index contributed by atoms with van der Waals surface area (Å²) >= 11 is 6.07. The van der Waals surface area contributed by atoms with Crippen molar-refractivity contribution in [3.63, 3.8) is 0 Å². The summed E-state index contributed by atoms with van der Waals surface area (Å²) in [5.74, 6) is 1.76. The maximum absolute atomic E-state index is 6.07. The third kappa shape index (κ3) is 2.76. The predicted octanol–water partition coefficient (Wildman–Crippen LogP) is 2.14. The van der Waals surface area contributed by atoms with Gasteiger partial charge in [-0.1, -0.05) is 11.6 Å². The molecular weight excluding hydrogens is 334 g/mol. The molecule has 0 aliphatic carbocycles. The largest absolute Gasteiger partial charge is 0.493 e. The van der Waals surface area contributed by atoms with Crippen molar-refractivity contribution in [3.05, 3.63) is 29.0 Å². The molecule has 0 fully saturated rings. The number of nitrogen functional groups attached to an aromatic ring is 1. The highest BCUT2D eigenvalue weighted by molar-refractivity contribution is 6.34. The van der Waals surface area contributed by atoms with Crippen molar-refractivity contribution in [3.8, 4) is 17.2 Å². The van der Waals surface area contributed by atoms with Crippen molar-refractivity contribution in [2.45, 2.75) is 6.54 Å². The molecule has 126 valence electrons. The van der Waals surface area contributed by atoms with Crippen molar-refractivity contribution in [2.24, 2.45) is 0 Å². The van der Waals surface area contributed by atoms with Crippen LogP contribution >= 0.6 is 11.6 Å².